The molecule has 0 aliphatic carbocycles. The van der Waals surface area contributed by atoms with E-state index in [0.717, 1.165) is 15.7 Å². The number of carbonyl (C=O) groups excluding carboxylic acids is 1. The van der Waals surface area contributed by atoms with Crippen LogP contribution in [0, 0.1) is 6.92 Å². The molecule has 0 fully saturated rings. The molecule has 7 heteroatoms. The van der Waals surface area contributed by atoms with E-state index in [4.69, 9.17) is 11.6 Å². The molecule has 0 atom stereocenters. The molecule has 1 aromatic heterocycles. The zero-order valence-electron chi connectivity index (χ0n) is 13.7. The summed E-state index contributed by atoms with van der Waals surface area (Å²) in [4.78, 5) is 38.5. The molecule has 0 saturated heterocycles. The number of rotatable bonds is 6. The number of aromatic nitrogens is 2. The van der Waals surface area contributed by atoms with Crippen LogP contribution in [0.3, 0.4) is 0 Å². The van der Waals surface area contributed by atoms with Crippen molar-refractivity contribution in [3.05, 3.63) is 61.4 Å². The van der Waals surface area contributed by atoms with Crippen LogP contribution < -0.4 is 16.6 Å². The Morgan fingerprint density at radius 3 is 2.54 bits per heavy atom. The number of benzene rings is 1. The van der Waals surface area contributed by atoms with Gasteiger partial charge in [-0.3, -0.25) is 19.1 Å². The van der Waals surface area contributed by atoms with Gasteiger partial charge in [-0.2, -0.15) is 0 Å². The number of anilines is 1. The van der Waals surface area contributed by atoms with Gasteiger partial charge in [0.2, 0.25) is 5.91 Å². The van der Waals surface area contributed by atoms with Crippen molar-refractivity contribution in [2.75, 3.05) is 5.32 Å². The largest absolute Gasteiger partial charge is 0.329 e. The van der Waals surface area contributed by atoms with Crippen molar-refractivity contribution in [2.24, 2.45) is 0 Å². The zero-order chi connectivity index (χ0) is 17.7. The van der Waals surface area contributed by atoms with Crippen molar-refractivity contribution >= 4 is 23.2 Å². The first-order valence-corrected chi connectivity index (χ1v) is 8.18. The molecule has 1 amide bonds. The summed E-state index contributed by atoms with van der Waals surface area (Å²) in [6, 6.07) is 7.89. The topological polar surface area (TPSA) is 84.0 Å². The fourth-order valence-corrected chi connectivity index (χ4v) is 2.50. The minimum atomic E-state index is -0.589. The normalized spacial score (nSPS) is 10.6. The molecular weight excluding hydrogens is 330 g/mol. The van der Waals surface area contributed by atoms with E-state index in [1.807, 2.05) is 38.1 Å². The number of hydrogen-bond acceptors (Lipinski definition) is 3. The van der Waals surface area contributed by atoms with Crippen LogP contribution in [-0.2, 0) is 17.8 Å². The van der Waals surface area contributed by atoms with Gasteiger partial charge in [0.05, 0.1) is 0 Å². The number of H-pyrrole nitrogens is 1. The van der Waals surface area contributed by atoms with E-state index in [1.165, 1.54) is 0 Å². The molecule has 128 valence electrons. The van der Waals surface area contributed by atoms with Gasteiger partial charge < -0.3 is 5.32 Å². The number of hydrogen-bond donors (Lipinski definition) is 2. The summed E-state index contributed by atoms with van der Waals surface area (Å²) in [5, 5.41) is 2.36. The van der Waals surface area contributed by atoms with Crippen LogP contribution in [-0.4, -0.2) is 15.5 Å². The van der Waals surface area contributed by atoms with Gasteiger partial charge in [-0.05, 0) is 25.3 Å². The van der Waals surface area contributed by atoms with Gasteiger partial charge in [-0.1, -0.05) is 48.4 Å². The minimum Gasteiger partial charge on any atom is -0.319 e. The lowest BCUT2D eigenvalue weighted by molar-refractivity contribution is -0.116. The van der Waals surface area contributed by atoms with E-state index >= 15 is 0 Å². The number of nitrogens with one attached hydrogen (secondary N) is 2. The fourth-order valence-electron chi connectivity index (χ4n) is 2.29. The van der Waals surface area contributed by atoms with E-state index in [1.54, 1.807) is 0 Å². The lowest BCUT2D eigenvalue weighted by Gasteiger charge is -2.09. The first-order chi connectivity index (χ1) is 11.4. The molecule has 1 aromatic carbocycles. The third-order valence-corrected chi connectivity index (χ3v) is 3.90. The third-order valence-electron chi connectivity index (χ3n) is 3.61. The third kappa shape index (κ3) is 4.35. The number of carbonyl (C=O) groups is 1. The molecule has 0 saturated carbocycles. The van der Waals surface area contributed by atoms with Crippen molar-refractivity contribution in [1.82, 2.24) is 9.55 Å². The molecular formula is C17H20ClN3O3. The SMILES string of the molecule is CCCn1c(=O)[nH]c(Cl)c(NC(=O)CCc2ccc(C)cc2)c1=O. The monoisotopic (exact) mass is 349 g/mol. The molecule has 2 aromatic rings. The van der Waals surface area contributed by atoms with Crippen molar-refractivity contribution in [3.8, 4) is 0 Å². The van der Waals surface area contributed by atoms with Gasteiger partial charge in [-0.15, -0.1) is 0 Å². The van der Waals surface area contributed by atoms with E-state index in [9.17, 15) is 14.4 Å². The summed E-state index contributed by atoms with van der Waals surface area (Å²) >= 11 is 5.90. The highest BCUT2D eigenvalue weighted by Crippen LogP contribution is 2.13. The van der Waals surface area contributed by atoms with Gasteiger partial charge in [0.15, 0.2) is 0 Å². The van der Waals surface area contributed by atoms with Crippen LogP contribution >= 0.6 is 11.6 Å². The highest BCUT2D eigenvalue weighted by atomic mass is 35.5. The van der Waals surface area contributed by atoms with Gasteiger partial charge in [-0.25, -0.2) is 4.79 Å². The highest BCUT2D eigenvalue weighted by molar-refractivity contribution is 6.32. The summed E-state index contributed by atoms with van der Waals surface area (Å²) in [7, 11) is 0. The van der Waals surface area contributed by atoms with E-state index in [0.29, 0.717) is 12.8 Å². The molecule has 0 aliphatic heterocycles. The molecule has 0 radical (unpaired) electrons. The standard InChI is InChI=1S/C17H20ClN3O3/c1-3-10-21-16(23)14(15(18)20-17(21)24)19-13(22)9-8-12-6-4-11(2)5-7-12/h4-7H,3,8-10H2,1-2H3,(H,19,22)(H,20,24). The predicted molar refractivity (Wildman–Crippen MR) is 94.8 cm³/mol. The molecule has 0 aliphatic rings. The van der Waals surface area contributed by atoms with E-state index in [2.05, 4.69) is 10.3 Å². The fraction of sp³-hybridized carbons (Fsp3) is 0.353. The molecule has 0 unspecified atom stereocenters. The Bertz CT molecular complexity index is 838. The quantitative estimate of drug-likeness (QED) is 0.786. The number of aryl methyl sites for hydroxylation is 2. The molecule has 1 heterocycles. The van der Waals surface area contributed by atoms with E-state index < -0.39 is 11.2 Å². The van der Waals surface area contributed by atoms with Crippen LogP contribution in [0.4, 0.5) is 5.69 Å². The lowest BCUT2D eigenvalue weighted by atomic mass is 10.1. The van der Waals surface area contributed by atoms with Crippen molar-refractivity contribution in [2.45, 2.75) is 39.7 Å². The number of halogens is 1. The van der Waals surface area contributed by atoms with Gasteiger partial charge in [0, 0.05) is 13.0 Å². The highest BCUT2D eigenvalue weighted by Gasteiger charge is 2.15. The minimum absolute atomic E-state index is 0.0846. The van der Waals surface area contributed by atoms with Gasteiger partial charge >= 0.3 is 5.69 Å². The Kier molecular flexibility index (Phi) is 5.98. The van der Waals surface area contributed by atoms with Crippen LogP contribution in [0.5, 0.6) is 0 Å². The second-order valence-electron chi connectivity index (χ2n) is 5.61. The van der Waals surface area contributed by atoms with Gasteiger partial charge in [0.25, 0.3) is 5.56 Å². The summed E-state index contributed by atoms with van der Waals surface area (Å²) < 4.78 is 1.03. The second kappa shape index (κ2) is 7.97. The number of nitrogens with zero attached hydrogens (tertiary/aromatic N) is 1. The van der Waals surface area contributed by atoms with Crippen LogP contribution in [0.2, 0.25) is 5.15 Å². The Balaban J connectivity index is 2.11. The van der Waals surface area contributed by atoms with Crippen molar-refractivity contribution in [1.29, 1.82) is 0 Å². The summed E-state index contributed by atoms with van der Waals surface area (Å²) in [6.45, 7) is 4.11. The average molecular weight is 350 g/mol. The number of aromatic amines is 1. The van der Waals surface area contributed by atoms with Crippen LogP contribution in [0.15, 0.2) is 33.9 Å². The first-order valence-electron chi connectivity index (χ1n) is 7.80. The average Bonchev–Trinajstić information content (AvgIpc) is 2.55. The second-order valence-corrected chi connectivity index (χ2v) is 5.99. The van der Waals surface area contributed by atoms with E-state index in [-0.39, 0.29) is 29.7 Å². The zero-order valence-corrected chi connectivity index (χ0v) is 14.4. The Hall–Kier alpha value is -2.34. The molecule has 2 rings (SSSR count). The Labute approximate surface area is 144 Å². The molecule has 2 N–H and O–H groups in total. The summed E-state index contributed by atoms with van der Waals surface area (Å²) in [5.41, 5.74) is 0.934. The smallest absolute Gasteiger partial charge is 0.319 e. The molecule has 0 bridgehead atoms. The maximum atomic E-state index is 12.3. The molecule has 24 heavy (non-hydrogen) atoms. The maximum absolute atomic E-state index is 12.3. The van der Waals surface area contributed by atoms with Crippen molar-refractivity contribution < 1.29 is 4.79 Å². The number of amides is 1. The summed E-state index contributed by atoms with van der Waals surface area (Å²) in [6.07, 6.45) is 1.38. The Morgan fingerprint density at radius 1 is 1.25 bits per heavy atom. The molecule has 0 spiro atoms. The molecule has 6 nitrogen and oxygen atoms in total. The summed E-state index contributed by atoms with van der Waals surface area (Å²) in [5.74, 6) is -0.329. The Morgan fingerprint density at radius 2 is 1.92 bits per heavy atom. The first kappa shape index (κ1) is 18.0. The maximum Gasteiger partial charge on any atom is 0.329 e. The van der Waals surface area contributed by atoms with Crippen molar-refractivity contribution in [3.63, 3.8) is 0 Å². The lowest BCUT2D eigenvalue weighted by Crippen LogP contribution is -2.37. The van der Waals surface area contributed by atoms with Gasteiger partial charge in [0.1, 0.15) is 10.8 Å². The predicted octanol–water partition coefficient (Wildman–Crippen LogP) is 2.48. The van der Waals surface area contributed by atoms with Crippen LogP contribution in [0.25, 0.3) is 0 Å². The van der Waals surface area contributed by atoms with Crippen LogP contribution in [0.1, 0.15) is 30.9 Å².